The lowest BCUT2D eigenvalue weighted by Gasteiger charge is -2.19. The van der Waals surface area contributed by atoms with E-state index in [-0.39, 0.29) is 0 Å². The van der Waals surface area contributed by atoms with E-state index in [1.165, 1.54) is 37.7 Å². The largest absolute Gasteiger partial charge is 0.497 e. The molecule has 120 valence electrons. The van der Waals surface area contributed by atoms with E-state index in [4.69, 9.17) is 4.74 Å². The van der Waals surface area contributed by atoms with Gasteiger partial charge < -0.3 is 10.1 Å². The monoisotopic (exact) mass is 291 g/mol. The molecule has 1 aromatic rings. The SMILES string of the molecule is CCCCCC(CNCC(C)C)Cc1ccc(OC)cc1. The van der Waals surface area contributed by atoms with Gasteiger partial charge in [-0.2, -0.15) is 0 Å². The highest BCUT2D eigenvalue weighted by molar-refractivity contribution is 5.27. The lowest BCUT2D eigenvalue weighted by Crippen LogP contribution is -2.27. The molecule has 2 heteroatoms. The van der Waals surface area contributed by atoms with Crippen LogP contribution >= 0.6 is 0 Å². The average molecular weight is 291 g/mol. The molecule has 0 saturated carbocycles. The van der Waals surface area contributed by atoms with Crippen LogP contribution in [0.3, 0.4) is 0 Å². The molecule has 1 unspecified atom stereocenters. The first kappa shape index (κ1) is 18.0. The molecule has 0 radical (unpaired) electrons. The summed E-state index contributed by atoms with van der Waals surface area (Å²) in [6.45, 7) is 9.06. The molecular weight excluding hydrogens is 258 g/mol. The van der Waals surface area contributed by atoms with Gasteiger partial charge >= 0.3 is 0 Å². The summed E-state index contributed by atoms with van der Waals surface area (Å²) in [5.41, 5.74) is 1.42. The number of benzene rings is 1. The Hall–Kier alpha value is -1.02. The Balaban J connectivity index is 2.48. The van der Waals surface area contributed by atoms with E-state index in [1.54, 1.807) is 7.11 Å². The summed E-state index contributed by atoms with van der Waals surface area (Å²) in [6.07, 6.45) is 6.49. The summed E-state index contributed by atoms with van der Waals surface area (Å²) in [4.78, 5) is 0. The van der Waals surface area contributed by atoms with Crippen molar-refractivity contribution in [1.29, 1.82) is 0 Å². The zero-order valence-electron chi connectivity index (χ0n) is 14.3. The minimum atomic E-state index is 0.724. The third kappa shape index (κ3) is 8.11. The van der Waals surface area contributed by atoms with Crippen LogP contribution < -0.4 is 10.1 Å². The summed E-state index contributed by atoms with van der Waals surface area (Å²) in [7, 11) is 1.72. The van der Waals surface area contributed by atoms with Crippen molar-refractivity contribution < 1.29 is 4.74 Å². The molecule has 0 heterocycles. The lowest BCUT2D eigenvalue weighted by molar-refractivity contribution is 0.407. The predicted molar refractivity (Wildman–Crippen MR) is 92.0 cm³/mol. The summed E-state index contributed by atoms with van der Waals surface area (Å²) >= 11 is 0. The Morgan fingerprint density at radius 3 is 2.33 bits per heavy atom. The molecule has 0 spiro atoms. The maximum Gasteiger partial charge on any atom is 0.118 e. The second kappa shape index (κ2) is 10.7. The Labute approximate surface area is 131 Å². The van der Waals surface area contributed by atoms with E-state index < -0.39 is 0 Å². The summed E-state index contributed by atoms with van der Waals surface area (Å²) < 4.78 is 5.23. The van der Waals surface area contributed by atoms with Gasteiger partial charge in [0, 0.05) is 0 Å². The first-order valence-corrected chi connectivity index (χ1v) is 8.49. The second-order valence-electron chi connectivity index (χ2n) is 6.47. The zero-order chi connectivity index (χ0) is 15.5. The molecule has 0 saturated heterocycles. The van der Waals surface area contributed by atoms with Crippen LogP contribution in [0.25, 0.3) is 0 Å². The van der Waals surface area contributed by atoms with Gasteiger partial charge in [-0.3, -0.25) is 0 Å². The van der Waals surface area contributed by atoms with Crippen LogP contribution in [0, 0.1) is 11.8 Å². The van der Waals surface area contributed by atoms with Crippen molar-refractivity contribution in [3.05, 3.63) is 29.8 Å². The summed E-state index contributed by atoms with van der Waals surface area (Å²) in [5, 5.41) is 3.63. The Morgan fingerprint density at radius 2 is 1.76 bits per heavy atom. The van der Waals surface area contributed by atoms with Gasteiger partial charge in [0.1, 0.15) is 5.75 Å². The number of hydrogen-bond donors (Lipinski definition) is 1. The van der Waals surface area contributed by atoms with Crippen LogP contribution in [0.2, 0.25) is 0 Å². The van der Waals surface area contributed by atoms with Crippen LogP contribution in [0.5, 0.6) is 5.75 Å². The van der Waals surface area contributed by atoms with Gasteiger partial charge in [-0.05, 0) is 55.5 Å². The molecule has 21 heavy (non-hydrogen) atoms. The molecule has 0 aliphatic carbocycles. The zero-order valence-corrected chi connectivity index (χ0v) is 14.3. The normalized spacial score (nSPS) is 12.6. The molecule has 0 aliphatic rings. The maximum absolute atomic E-state index is 5.23. The molecule has 0 fully saturated rings. The molecule has 1 aromatic carbocycles. The molecule has 2 nitrogen and oxygen atoms in total. The number of ether oxygens (including phenoxy) is 1. The average Bonchev–Trinajstić information content (AvgIpc) is 2.47. The lowest BCUT2D eigenvalue weighted by atomic mass is 9.93. The van der Waals surface area contributed by atoms with E-state index in [0.29, 0.717) is 0 Å². The fraction of sp³-hybridized carbons (Fsp3) is 0.684. The smallest absolute Gasteiger partial charge is 0.118 e. The van der Waals surface area contributed by atoms with E-state index in [9.17, 15) is 0 Å². The molecule has 0 amide bonds. The number of rotatable bonds is 11. The highest BCUT2D eigenvalue weighted by atomic mass is 16.5. The quantitative estimate of drug-likeness (QED) is 0.598. The second-order valence-corrected chi connectivity index (χ2v) is 6.47. The van der Waals surface area contributed by atoms with Crippen LogP contribution in [-0.4, -0.2) is 20.2 Å². The van der Waals surface area contributed by atoms with Crippen LogP contribution in [0.4, 0.5) is 0 Å². The van der Waals surface area contributed by atoms with E-state index in [2.05, 4.69) is 50.4 Å². The number of nitrogens with one attached hydrogen (secondary N) is 1. The Bertz CT molecular complexity index is 358. The van der Waals surface area contributed by atoms with Gasteiger partial charge in [-0.15, -0.1) is 0 Å². The molecule has 0 aromatic heterocycles. The van der Waals surface area contributed by atoms with Gasteiger partial charge in [0.05, 0.1) is 7.11 Å². The van der Waals surface area contributed by atoms with Crippen LogP contribution in [0.15, 0.2) is 24.3 Å². The van der Waals surface area contributed by atoms with Crippen molar-refractivity contribution >= 4 is 0 Å². The third-order valence-corrected chi connectivity index (χ3v) is 3.88. The van der Waals surface area contributed by atoms with Gasteiger partial charge in [0.25, 0.3) is 0 Å². The summed E-state index contributed by atoms with van der Waals surface area (Å²) in [5.74, 6) is 2.41. The highest BCUT2D eigenvalue weighted by Gasteiger charge is 2.10. The van der Waals surface area contributed by atoms with E-state index >= 15 is 0 Å². The fourth-order valence-corrected chi connectivity index (χ4v) is 2.63. The molecule has 0 bridgehead atoms. The van der Waals surface area contributed by atoms with Gasteiger partial charge in [-0.25, -0.2) is 0 Å². The molecule has 1 N–H and O–H groups in total. The Morgan fingerprint density at radius 1 is 1.05 bits per heavy atom. The minimum absolute atomic E-state index is 0.724. The van der Waals surface area contributed by atoms with Crippen molar-refractivity contribution in [3.63, 3.8) is 0 Å². The van der Waals surface area contributed by atoms with E-state index in [0.717, 1.165) is 30.7 Å². The summed E-state index contributed by atoms with van der Waals surface area (Å²) in [6, 6.07) is 8.54. The first-order chi connectivity index (χ1) is 10.2. The molecule has 1 rings (SSSR count). The number of methoxy groups -OCH3 is 1. The van der Waals surface area contributed by atoms with Gasteiger partial charge in [-0.1, -0.05) is 52.2 Å². The van der Waals surface area contributed by atoms with Gasteiger partial charge in [0.15, 0.2) is 0 Å². The van der Waals surface area contributed by atoms with E-state index in [1.807, 2.05) is 0 Å². The third-order valence-electron chi connectivity index (χ3n) is 3.88. The van der Waals surface area contributed by atoms with Crippen molar-refractivity contribution in [3.8, 4) is 5.75 Å². The fourth-order valence-electron chi connectivity index (χ4n) is 2.63. The number of unbranched alkanes of at least 4 members (excludes halogenated alkanes) is 2. The topological polar surface area (TPSA) is 21.3 Å². The van der Waals surface area contributed by atoms with Crippen LogP contribution in [0.1, 0.15) is 52.0 Å². The predicted octanol–water partition coefficient (Wildman–Crippen LogP) is 4.68. The van der Waals surface area contributed by atoms with Crippen molar-refractivity contribution in [2.45, 2.75) is 52.9 Å². The number of hydrogen-bond acceptors (Lipinski definition) is 2. The minimum Gasteiger partial charge on any atom is -0.497 e. The Kier molecular flexibility index (Phi) is 9.16. The maximum atomic E-state index is 5.23. The van der Waals surface area contributed by atoms with Crippen molar-refractivity contribution in [1.82, 2.24) is 5.32 Å². The van der Waals surface area contributed by atoms with Crippen molar-refractivity contribution in [2.24, 2.45) is 11.8 Å². The van der Waals surface area contributed by atoms with Crippen LogP contribution in [-0.2, 0) is 6.42 Å². The standard InChI is InChI=1S/C19H33NO/c1-5-6-7-8-18(15-20-14-16(2)3)13-17-9-11-19(21-4)12-10-17/h9-12,16,18,20H,5-8,13-15H2,1-4H3. The highest BCUT2D eigenvalue weighted by Crippen LogP contribution is 2.18. The molecule has 0 aliphatic heterocycles. The van der Waals surface area contributed by atoms with Gasteiger partial charge in [0.2, 0.25) is 0 Å². The molecular formula is C19H33NO. The molecule has 1 atom stereocenters. The first-order valence-electron chi connectivity index (χ1n) is 8.49. The van der Waals surface area contributed by atoms with Crippen molar-refractivity contribution in [2.75, 3.05) is 20.2 Å².